The molecule has 0 radical (unpaired) electrons. The molecule has 2 aromatic rings. The summed E-state index contributed by atoms with van der Waals surface area (Å²) >= 11 is 5.69. The molecule has 0 spiro atoms. The monoisotopic (exact) mass is 586 g/mol. The van der Waals surface area contributed by atoms with Crippen LogP contribution in [0.3, 0.4) is 0 Å². The molecular weight excluding hydrogens is 543 g/mol. The van der Waals surface area contributed by atoms with E-state index >= 15 is 0 Å². The van der Waals surface area contributed by atoms with E-state index in [-0.39, 0.29) is 0 Å². The fourth-order valence-corrected chi connectivity index (χ4v) is 25.8. The topological polar surface area (TPSA) is 17.1 Å². The molecule has 2 aromatic heterocycles. The van der Waals surface area contributed by atoms with Crippen molar-refractivity contribution in [1.82, 2.24) is 0 Å². The van der Waals surface area contributed by atoms with E-state index in [4.69, 9.17) is 0 Å². The number of Topliss-reactive ketones (excluding diaryl/α,β-unsaturated/α-hetero) is 1. The zero-order chi connectivity index (χ0) is 22.5. The summed E-state index contributed by atoms with van der Waals surface area (Å²) in [5, 5.41) is 0. The molecule has 1 nitrogen and oxygen atoms in total. The van der Waals surface area contributed by atoms with Gasteiger partial charge in [0, 0.05) is 0 Å². The molecule has 0 fully saturated rings. The van der Waals surface area contributed by atoms with Gasteiger partial charge in [-0.25, -0.2) is 0 Å². The van der Waals surface area contributed by atoms with Crippen molar-refractivity contribution in [3.63, 3.8) is 0 Å². The van der Waals surface area contributed by atoms with Crippen molar-refractivity contribution in [2.75, 3.05) is 5.75 Å². The third-order valence-electron chi connectivity index (χ3n) is 6.34. The molecule has 5 heteroatoms. The van der Waals surface area contributed by atoms with Crippen molar-refractivity contribution >= 4 is 62.4 Å². The van der Waals surface area contributed by atoms with Crippen molar-refractivity contribution in [3.8, 4) is 9.75 Å². The van der Waals surface area contributed by atoms with E-state index in [9.17, 15) is 4.79 Å². The average Bonchev–Trinajstić information content (AvgIpc) is 3.46. The van der Waals surface area contributed by atoms with Crippen LogP contribution >= 0.6 is 35.3 Å². The van der Waals surface area contributed by atoms with Gasteiger partial charge in [0.05, 0.1) is 0 Å². The number of thiophene rings is 2. The zero-order valence-corrected chi connectivity index (χ0v) is 25.3. The Bertz CT molecular complexity index is 743. The molecule has 2 rings (SSSR count). The Balaban J connectivity index is 2.18. The van der Waals surface area contributed by atoms with E-state index in [0.717, 1.165) is 29.9 Å². The number of hydrogen-bond donors (Lipinski definition) is 1. The van der Waals surface area contributed by atoms with Crippen LogP contribution in [0.15, 0.2) is 24.3 Å². The number of hydrogen-bond acceptors (Lipinski definition) is 4. The van der Waals surface area contributed by atoms with Crippen LogP contribution in [-0.2, 0) is 0 Å². The van der Waals surface area contributed by atoms with Crippen molar-refractivity contribution in [2.24, 2.45) is 0 Å². The first kappa shape index (κ1) is 27.5. The van der Waals surface area contributed by atoms with Crippen LogP contribution in [0.2, 0.25) is 13.3 Å². The molecule has 0 unspecified atom stereocenters. The fraction of sp³-hybridized carbons (Fsp3) is 0.654. The third-order valence-corrected chi connectivity index (χ3v) is 27.3. The predicted molar refractivity (Wildman–Crippen MR) is 149 cm³/mol. The van der Waals surface area contributed by atoms with Gasteiger partial charge < -0.3 is 0 Å². The first-order valence-corrected chi connectivity index (χ1v) is 22.2. The second-order valence-electron chi connectivity index (χ2n) is 8.88. The van der Waals surface area contributed by atoms with E-state index in [2.05, 4.69) is 69.0 Å². The standard InChI is InChI=1S/C14H15OS3.3C4H9.Sn/c15-11(5-2-1-3-9-16)12-7-8-14(18-12)13-6-4-10-17-13;3*1-3-4-2;/h4,6-8,16H,1-3,5,9H2;3*1,3-4H2,2H3;. The third kappa shape index (κ3) is 8.50. The number of carbonyl (C=O) groups is 1. The SMILES string of the molecule is CCC[CH2][Sn]([CH2]CCC)([CH2]CCC)[c]1ccc(-c2ccc(C(=O)CCCCCS)s2)s1. The zero-order valence-electron chi connectivity index (χ0n) is 19.9. The summed E-state index contributed by atoms with van der Waals surface area (Å²) in [6.07, 6.45) is 12.0. The number of ketones is 1. The summed E-state index contributed by atoms with van der Waals surface area (Å²) in [6, 6.07) is 9.10. The minimum atomic E-state index is -2.35. The van der Waals surface area contributed by atoms with Gasteiger partial charge in [-0.05, 0) is 0 Å². The Morgan fingerprint density at radius 1 is 0.774 bits per heavy atom. The minimum absolute atomic E-state index is 0.314. The van der Waals surface area contributed by atoms with Gasteiger partial charge in [0.15, 0.2) is 0 Å². The number of carbonyl (C=O) groups excluding carboxylic acids is 1. The van der Waals surface area contributed by atoms with Crippen LogP contribution < -0.4 is 2.89 Å². The predicted octanol–water partition coefficient (Wildman–Crippen LogP) is 9.21. The summed E-state index contributed by atoms with van der Waals surface area (Å²) in [4.78, 5) is 16.2. The van der Waals surface area contributed by atoms with E-state index in [1.54, 1.807) is 14.2 Å². The molecule has 31 heavy (non-hydrogen) atoms. The Hall–Kier alpha value is 0.219. The molecule has 0 N–H and O–H groups in total. The van der Waals surface area contributed by atoms with Gasteiger partial charge in [-0.2, -0.15) is 12.6 Å². The fourth-order valence-electron chi connectivity index (χ4n) is 4.36. The second kappa shape index (κ2) is 15.2. The Morgan fingerprint density at radius 2 is 1.35 bits per heavy atom. The van der Waals surface area contributed by atoms with Crippen molar-refractivity contribution in [2.45, 2.75) is 98.3 Å². The van der Waals surface area contributed by atoms with E-state index in [1.165, 1.54) is 61.6 Å². The molecule has 0 aliphatic carbocycles. The van der Waals surface area contributed by atoms with Crippen LogP contribution in [0.5, 0.6) is 0 Å². The number of rotatable bonds is 17. The molecule has 0 aromatic carbocycles. The molecule has 0 saturated heterocycles. The maximum atomic E-state index is 12.6. The van der Waals surface area contributed by atoms with E-state index in [0.29, 0.717) is 12.2 Å². The van der Waals surface area contributed by atoms with Gasteiger partial charge in [-0.3, -0.25) is 0 Å². The molecular formula is C26H42OS3Sn. The molecule has 0 bridgehead atoms. The van der Waals surface area contributed by atoms with Crippen LogP contribution in [-0.4, -0.2) is 29.9 Å². The maximum absolute atomic E-state index is 12.6. The van der Waals surface area contributed by atoms with Crippen LogP contribution in [0.4, 0.5) is 0 Å². The van der Waals surface area contributed by atoms with Crippen molar-refractivity contribution in [1.29, 1.82) is 0 Å². The van der Waals surface area contributed by atoms with Crippen LogP contribution in [0.25, 0.3) is 9.75 Å². The molecule has 174 valence electrons. The first-order valence-electron chi connectivity index (χ1n) is 12.4. The molecule has 0 saturated carbocycles. The van der Waals surface area contributed by atoms with Gasteiger partial charge in [0.2, 0.25) is 0 Å². The van der Waals surface area contributed by atoms with Crippen molar-refractivity contribution in [3.05, 3.63) is 29.1 Å². The van der Waals surface area contributed by atoms with E-state index < -0.39 is 18.4 Å². The molecule has 0 aliphatic rings. The van der Waals surface area contributed by atoms with Gasteiger partial charge >= 0.3 is 197 Å². The second-order valence-corrected chi connectivity index (χ2v) is 25.7. The number of unbranched alkanes of at least 4 members (excludes halogenated alkanes) is 5. The molecule has 0 amide bonds. The summed E-state index contributed by atoms with van der Waals surface area (Å²) < 4.78 is 6.34. The first-order chi connectivity index (χ1) is 15.1. The summed E-state index contributed by atoms with van der Waals surface area (Å²) in [5.74, 6) is 1.23. The Kier molecular flexibility index (Phi) is 13.5. The van der Waals surface area contributed by atoms with Gasteiger partial charge in [0.1, 0.15) is 0 Å². The van der Waals surface area contributed by atoms with Gasteiger partial charge in [-0.1, -0.05) is 0 Å². The van der Waals surface area contributed by atoms with E-state index in [1.807, 2.05) is 0 Å². The van der Waals surface area contributed by atoms with Crippen LogP contribution in [0, 0.1) is 0 Å². The van der Waals surface area contributed by atoms with Gasteiger partial charge in [0.25, 0.3) is 0 Å². The summed E-state index contributed by atoms with van der Waals surface area (Å²) in [7, 11) is 0. The quantitative estimate of drug-likeness (QED) is 0.0848. The van der Waals surface area contributed by atoms with Crippen LogP contribution in [0.1, 0.15) is 94.7 Å². The summed E-state index contributed by atoms with van der Waals surface area (Å²) in [5.41, 5.74) is 0. The normalized spacial score (nSPS) is 11.9. The number of thiol groups is 1. The Labute approximate surface area is 208 Å². The molecule has 0 aliphatic heterocycles. The van der Waals surface area contributed by atoms with Crippen molar-refractivity contribution < 1.29 is 4.79 Å². The molecule has 0 atom stereocenters. The van der Waals surface area contributed by atoms with Gasteiger partial charge in [-0.15, -0.1) is 0 Å². The molecule has 2 heterocycles. The summed E-state index contributed by atoms with van der Waals surface area (Å²) in [6.45, 7) is 7.04. The Morgan fingerprint density at radius 3 is 1.94 bits per heavy atom. The average molecular weight is 586 g/mol.